The molecule has 0 aliphatic heterocycles. The first-order valence-electron chi connectivity index (χ1n) is 5.33. The van der Waals surface area contributed by atoms with Crippen molar-refractivity contribution in [1.29, 1.82) is 0 Å². The highest BCUT2D eigenvalue weighted by molar-refractivity contribution is 5.26. The third kappa shape index (κ3) is 4.12. The van der Waals surface area contributed by atoms with Crippen molar-refractivity contribution >= 4 is 0 Å². The summed E-state index contributed by atoms with van der Waals surface area (Å²) < 4.78 is 37.0. The van der Waals surface area contributed by atoms with Crippen molar-refractivity contribution < 1.29 is 13.2 Å². The van der Waals surface area contributed by atoms with E-state index < -0.39 is 11.7 Å². The molecule has 0 amide bonds. The Kier molecular flexibility index (Phi) is 4.59. The van der Waals surface area contributed by atoms with Gasteiger partial charge < -0.3 is 5.32 Å². The van der Waals surface area contributed by atoms with Gasteiger partial charge in [0, 0.05) is 0 Å². The largest absolute Gasteiger partial charge is 0.416 e. The Morgan fingerprint density at radius 3 is 2.29 bits per heavy atom. The Hall–Kier alpha value is -1.47. The second-order valence-electron chi connectivity index (χ2n) is 3.68. The van der Waals surface area contributed by atoms with E-state index in [1.807, 2.05) is 6.92 Å². The van der Waals surface area contributed by atoms with Crippen LogP contribution in [0.2, 0.25) is 0 Å². The van der Waals surface area contributed by atoms with E-state index in [0.717, 1.165) is 24.2 Å². The van der Waals surface area contributed by atoms with Crippen LogP contribution in [-0.4, -0.2) is 12.6 Å². The summed E-state index contributed by atoms with van der Waals surface area (Å²) >= 11 is 0. The highest BCUT2D eigenvalue weighted by atomic mass is 19.4. The lowest BCUT2D eigenvalue weighted by atomic mass is 10.0. The van der Waals surface area contributed by atoms with Crippen LogP contribution >= 0.6 is 0 Å². The van der Waals surface area contributed by atoms with Gasteiger partial charge in [0.25, 0.3) is 0 Å². The van der Waals surface area contributed by atoms with Gasteiger partial charge in [0.2, 0.25) is 0 Å². The van der Waals surface area contributed by atoms with Crippen molar-refractivity contribution in [1.82, 2.24) is 5.32 Å². The molecule has 1 atom stereocenters. The van der Waals surface area contributed by atoms with Gasteiger partial charge in [-0.2, -0.15) is 13.2 Å². The van der Waals surface area contributed by atoms with E-state index in [4.69, 9.17) is 6.42 Å². The zero-order valence-corrected chi connectivity index (χ0v) is 9.51. The number of benzene rings is 1. The molecule has 92 valence electrons. The molecular weight excluding hydrogens is 227 g/mol. The fraction of sp³-hybridized carbons (Fsp3) is 0.385. The molecule has 4 heteroatoms. The second kappa shape index (κ2) is 5.74. The average Bonchev–Trinajstić information content (AvgIpc) is 2.28. The number of hydrogen-bond acceptors (Lipinski definition) is 1. The van der Waals surface area contributed by atoms with Gasteiger partial charge >= 0.3 is 6.18 Å². The molecule has 1 N–H and O–H groups in total. The zero-order valence-electron chi connectivity index (χ0n) is 9.51. The molecule has 0 fully saturated rings. The molecule has 0 bridgehead atoms. The first kappa shape index (κ1) is 13.6. The Morgan fingerprint density at radius 2 is 1.88 bits per heavy atom. The molecule has 17 heavy (non-hydrogen) atoms. The third-order valence-electron chi connectivity index (χ3n) is 2.37. The van der Waals surface area contributed by atoms with E-state index in [2.05, 4.69) is 11.2 Å². The standard InChI is InChI=1S/C13H14F3N/c1-3-12(17-4-2)9-10-5-7-11(8-6-10)13(14,15)16/h1,5-8,12,17H,4,9H2,2H3. The molecule has 0 saturated carbocycles. The molecule has 0 saturated heterocycles. The van der Waals surface area contributed by atoms with Crippen molar-refractivity contribution in [3.63, 3.8) is 0 Å². The van der Waals surface area contributed by atoms with Gasteiger partial charge in [0.15, 0.2) is 0 Å². The number of rotatable bonds is 4. The number of likely N-dealkylation sites (N-methyl/N-ethyl adjacent to an activating group) is 1. The number of halogens is 3. The van der Waals surface area contributed by atoms with Gasteiger partial charge in [0.1, 0.15) is 0 Å². The van der Waals surface area contributed by atoms with Gasteiger partial charge in [-0.15, -0.1) is 6.42 Å². The lowest BCUT2D eigenvalue weighted by Gasteiger charge is -2.12. The lowest BCUT2D eigenvalue weighted by molar-refractivity contribution is -0.137. The van der Waals surface area contributed by atoms with E-state index in [1.165, 1.54) is 12.1 Å². The van der Waals surface area contributed by atoms with Crippen molar-refractivity contribution in [3.05, 3.63) is 35.4 Å². The Labute approximate surface area is 99.0 Å². The highest BCUT2D eigenvalue weighted by Crippen LogP contribution is 2.29. The predicted molar refractivity (Wildman–Crippen MR) is 61.4 cm³/mol. The Balaban J connectivity index is 2.72. The van der Waals surface area contributed by atoms with Crippen LogP contribution < -0.4 is 5.32 Å². The molecule has 1 nitrogen and oxygen atoms in total. The normalized spacial score (nSPS) is 13.1. The Morgan fingerprint density at radius 1 is 1.29 bits per heavy atom. The number of terminal acetylenes is 1. The smallest absolute Gasteiger partial charge is 0.304 e. The summed E-state index contributed by atoms with van der Waals surface area (Å²) in [7, 11) is 0. The maximum Gasteiger partial charge on any atom is 0.416 e. The fourth-order valence-electron chi connectivity index (χ4n) is 1.50. The number of nitrogens with one attached hydrogen (secondary N) is 1. The zero-order chi connectivity index (χ0) is 12.9. The minimum Gasteiger partial charge on any atom is -0.304 e. The summed E-state index contributed by atoms with van der Waals surface area (Å²) in [5, 5.41) is 3.07. The Bertz CT molecular complexity index is 387. The topological polar surface area (TPSA) is 12.0 Å². The second-order valence-corrected chi connectivity index (χ2v) is 3.68. The van der Waals surface area contributed by atoms with Crippen molar-refractivity contribution in [2.75, 3.05) is 6.54 Å². The van der Waals surface area contributed by atoms with Crippen molar-refractivity contribution in [3.8, 4) is 12.3 Å². The van der Waals surface area contributed by atoms with Gasteiger partial charge in [-0.25, -0.2) is 0 Å². The van der Waals surface area contributed by atoms with Crippen LogP contribution in [0.15, 0.2) is 24.3 Å². The van der Waals surface area contributed by atoms with Gasteiger partial charge in [-0.05, 0) is 30.7 Å². The summed E-state index contributed by atoms with van der Waals surface area (Å²) in [6.07, 6.45) is 1.56. The van der Waals surface area contributed by atoms with Crippen LogP contribution in [0.25, 0.3) is 0 Å². The maximum absolute atomic E-state index is 12.3. The molecule has 0 heterocycles. The maximum atomic E-state index is 12.3. The van der Waals surface area contributed by atoms with E-state index in [1.54, 1.807) is 0 Å². The highest BCUT2D eigenvalue weighted by Gasteiger charge is 2.29. The molecular formula is C13H14F3N. The van der Waals surface area contributed by atoms with E-state index in [9.17, 15) is 13.2 Å². The summed E-state index contributed by atoms with van der Waals surface area (Å²) in [5.74, 6) is 2.56. The van der Waals surface area contributed by atoms with Crippen LogP contribution in [0.3, 0.4) is 0 Å². The average molecular weight is 241 g/mol. The van der Waals surface area contributed by atoms with Crippen LogP contribution in [0, 0.1) is 12.3 Å². The summed E-state index contributed by atoms with van der Waals surface area (Å²) in [6, 6.07) is 4.94. The van der Waals surface area contributed by atoms with E-state index in [-0.39, 0.29) is 6.04 Å². The first-order valence-corrected chi connectivity index (χ1v) is 5.33. The predicted octanol–water partition coefficient (Wildman–Crippen LogP) is 2.86. The van der Waals surface area contributed by atoms with Crippen LogP contribution in [-0.2, 0) is 12.6 Å². The van der Waals surface area contributed by atoms with Crippen molar-refractivity contribution in [2.45, 2.75) is 25.6 Å². The van der Waals surface area contributed by atoms with Crippen molar-refractivity contribution in [2.24, 2.45) is 0 Å². The van der Waals surface area contributed by atoms with E-state index in [0.29, 0.717) is 6.42 Å². The molecule has 0 aliphatic rings. The van der Waals surface area contributed by atoms with Crippen LogP contribution in [0.4, 0.5) is 13.2 Å². The fourth-order valence-corrected chi connectivity index (χ4v) is 1.50. The molecule has 0 aliphatic carbocycles. The van der Waals surface area contributed by atoms with Crippen LogP contribution in [0.1, 0.15) is 18.1 Å². The van der Waals surface area contributed by atoms with Gasteiger partial charge in [-0.1, -0.05) is 25.0 Å². The number of hydrogen-bond donors (Lipinski definition) is 1. The number of alkyl halides is 3. The summed E-state index contributed by atoms with van der Waals surface area (Å²) in [6.45, 7) is 2.66. The molecule has 1 rings (SSSR count). The quantitative estimate of drug-likeness (QED) is 0.799. The molecule has 0 spiro atoms. The molecule has 1 aromatic rings. The molecule has 0 aromatic heterocycles. The first-order chi connectivity index (χ1) is 7.97. The van der Waals surface area contributed by atoms with Crippen LogP contribution in [0.5, 0.6) is 0 Å². The summed E-state index contributed by atoms with van der Waals surface area (Å²) in [5.41, 5.74) is 0.156. The lowest BCUT2D eigenvalue weighted by Crippen LogP contribution is -2.29. The summed E-state index contributed by atoms with van der Waals surface area (Å²) in [4.78, 5) is 0. The van der Waals surface area contributed by atoms with Gasteiger partial charge in [-0.3, -0.25) is 0 Å². The molecule has 1 unspecified atom stereocenters. The minimum atomic E-state index is -4.29. The third-order valence-corrected chi connectivity index (χ3v) is 2.37. The van der Waals surface area contributed by atoms with Gasteiger partial charge in [0.05, 0.1) is 11.6 Å². The van der Waals surface area contributed by atoms with E-state index >= 15 is 0 Å². The molecule has 0 radical (unpaired) electrons. The monoisotopic (exact) mass is 241 g/mol. The SMILES string of the molecule is C#CC(Cc1ccc(C(F)(F)F)cc1)NCC. The minimum absolute atomic E-state index is 0.142. The molecule has 1 aromatic carbocycles.